The van der Waals surface area contributed by atoms with Crippen LogP contribution in [0.15, 0.2) is 41.8 Å². The van der Waals surface area contributed by atoms with E-state index in [-0.39, 0.29) is 24.8 Å². The van der Waals surface area contributed by atoms with Crippen LogP contribution in [0.2, 0.25) is 0 Å². The number of rotatable bonds is 5. The van der Waals surface area contributed by atoms with Crippen molar-refractivity contribution < 1.29 is 28.5 Å². The summed E-state index contributed by atoms with van der Waals surface area (Å²) < 4.78 is 21.8. The van der Waals surface area contributed by atoms with E-state index in [1.807, 2.05) is 25.1 Å². The van der Waals surface area contributed by atoms with Crippen molar-refractivity contribution in [1.82, 2.24) is 4.90 Å². The molecule has 1 unspecified atom stereocenters. The molecule has 8 heteroatoms. The summed E-state index contributed by atoms with van der Waals surface area (Å²) in [7, 11) is 4.52. The number of nitrogens with zero attached hydrogens (tertiary/aromatic N) is 1. The molecular formula is C23H24N2O6. The molecule has 0 radical (unpaired) electrons. The Balaban J connectivity index is 1.68. The first-order valence-electron chi connectivity index (χ1n) is 9.79. The van der Waals surface area contributed by atoms with Crippen LogP contribution in [0.5, 0.6) is 23.0 Å². The quantitative estimate of drug-likeness (QED) is 0.737. The molecule has 2 amide bonds. The molecule has 4 rings (SSSR count). The van der Waals surface area contributed by atoms with Gasteiger partial charge in [-0.15, -0.1) is 0 Å². The van der Waals surface area contributed by atoms with E-state index in [1.165, 1.54) is 26.2 Å². The lowest BCUT2D eigenvalue weighted by Gasteiger charge is -2.36. The van der Waals surface area contributed by atoms with Crippen LogP contribution < -0.4 is 24.7 Å². The summed E-state index contributed by atoms with van der Waals surface area (Å²) in [5.74, 6) is 0.782. The van der Waals surface area contributed by atoms with E-state index in [2.05, 4.69) is 0 Å². The summed E-state index contributed by atoms with van der Waals surface area (Å²) in [6.45, 7) is 1.98. The third-order valence-corrected chi connectivity index (χ3v) is 5.60. The number of carbonyl (C=O) groups excluding carboxylic acids is 2. The Morgan fingerprint density at radius 2 is 1.74 bits per heavy atom. The molecule has 2 aromatic carbocycles. The van der Waals surface area contributed by atoms with Crippen LogP contribution in [0.25, 0.3) is 0 Å². The fourth-order valence-corrected chi connectivity index (χ4v) is 4.10. The Hall–Kier alpha value is -3.68. The van der Waals surface area contributed by atoms with Crippen molar-refractivity contribution in [2.45, 2.75) is 25.8 Å². The van der Waals surface area contributed by atoms with Crippen LogP contribution in [0.1, 0.15) is 29.0 Å². The molecule has 8 nitrogen and oxygen atoms in total. The minimum absolute atomic E-state index is 0.0375. The molecule has 1 atom stereocenters. The van der Waals surface area contributed by atoms with E-state index < -0.39 is 11.8 Å². The van der Waals surface area contributed by atoms with Gasteiger partial charge in [0, 0.05) is 17.9 Å². The van der Waals surface area contributed by atoms with Gasteiger partial charge >= 0.3 is 0 Å². The molecule has 162 valence electrons. The molecule has 0 aromatic heterocycles. The van der Waals surface area contributed by atoms with Crippen molar-refractivity contribution in [3.63, 3.8) is 0 Å². The number of fused-ring (bicyclic) bond motifs is 3. The number of nitrogens with two attached hydrogens (primary N) is 1. The molecule has 2 aliphatic heterocycles. The van der Waals surface area contributed by atoms with Gasteiger partial charge in [-0.05, 0) is 36.2 Å². The maximum Gasteiger partial charge on any atom is 0.262 e. The SMILES string of the molecule is COc1cc(CN2C(=O)CC3C(=C(N)Oc4cc(C)ccc43)C2=O)cc(OC)c1OC. The second-order valence-electron chi connectivity index (χ2n) is 7.50. The van der Waals surface area contributed by atoms with E-state index in [1.54, 1.807) is 12.1 Å². The van der Waals surface area contributed by atoms with Crippen molar-refractivity contribution in [3.05, 3.63) is 58.5 Å². The van der Waals surface area contributed by atoms with Crippen LogP contribution in [0.3, 0.4) is 0 Å². The maximum atomic E-state index is 13.3. The second-order valence-corrected chi connectivity index (χ2v) is 7.50. The number of likely N-dealkylation sites (tertiary alicyclic amines) is 1. The zero-order valence-electron chi connectivity index (χ0n) is 17.9. The standard InChI is InChI=1S/C23H24N2O6/c1-12-5-6-14-15-10-19(26)25(23(27)20(15)22(24)31-16(14)7-12)11-13-8-17(28-2)21(30-4)18(9-13)29-3/h5-9,15H,10-11,24H2,1-4H3. The number of piperidine rings is 1. The topological polar surface area (TPSA) is 100 Å². The van der Waals surface area contributed by atoms with E-state index in [9.17, 15) is 9.59 Å². The van der Waals surface area contributed by atoms with Crippen LogP contribution in [0.4, 0.5) is 0 Å². The normalized spacial score (nSPS) is 17.7. The minimum Gasteiger partial charge on any atom is -0.493 e. The van der Waals surface area contributed by atoms with Gasteiger partial charge in [-0.3, -0.25) is 14.5 Å². The summed E-state index contributed by atoms with van der Waals surface area (Å²) in [6.07, 6.45) is 0.131. The van der Waals surface area contributed by atoms with Crippen LogP contribution >= 0.6 is 0 Å². The highest BCUT2D eigenvalue weighted by Gasteiger charge is 2.43. The Morgan fingerprint density at radius 1 is 1.06 bits per heavy atom. The average Bonchev–Trinajstić information content (AvgIpc) is 2.75. The number of methoxy groups -OCH3 is 3. The van der Waals surface area contributed by atoms with Crippen molar-refractivity contribution in [1.29, 1.82) is 0 Å². The predicted molar refractivity (Wildman–Crippen MR) is 112 cm³/mol. The average molecular weight is 424 g/mol. The van der Waals surface area contributed by atoms with Crippen LogP contribution in [-0.4, -0.2) is 38.0 Å². The lowest BCUT2D eigenvalue weighted by atomic mass is 9.82. The Labute approximate surface area is 180 Å². The zero-order chi connectivity index (χ0) is 22.3. The molecule has 2 aliphatic rings. The van der Waals surface area contributed by atoms with E-state index in [0.717, 1.165) is 11.1 Å². The Bertz CT molecular complexity index is 1080. The predicted octanol–water partition coefficient (Wildman–Crippen LogP) is 2.63. The van der Waals surface area contributed by atoms with Crippen LogP contribution in [-0.2, 0) is 16.1 Å². The molecule has 0 aliphatic carbocycles. The number of hydrogen-bond donors (Lipinski definition) is 1. The molecule has 0 bridgehead atoms. The van der Waals surface area contributed by atoms with Crippen molar-refractivity contribution in [2.24, 2.45) is 5.73 Å². The third-order valence-electron chi connectivity index (χ3n) is 5.60. The first-order chi connectivity index (χ1) is 14.9. The van der Waals surface area contributed by atoms with Crippen molar-refractivity contribution in [3.8, 4) is 23.0 Å². The molecule has 31 heavy (non-hydrogen) atoms. The second kappa shape index (κ2) is 7.86. The highest BCUT2D eigenvalue weighted by Crippen LogP contribution is 2.44. The number of aryl methyl sites for hydroxylation is 1. The van der Waals surface area contributed by atoms with Gasteiger partial charge in [-0.1, -0.05) is 12.1 Å². The van der Waals surface area contributed by atoms with Crippen molar-refractivity contribution >= 4 is 11.8 Å². The Morgan fingerprint density at radius 3 is 2.35 bits per heavy atom. The number of imide groups is 1. The molecule has 1 saturated heterocycles. The lowest BCUT2D eigenvalue weighted by molar-refractivity contribution is -0.146. The molecule has 2 N–H and O–H groups in total. The molecule has 2 heterocycles. The first kappa shape index (κ1) is 20.6. The molecule has 0 saturated carbocycles. The van der Waals surface area contributed by atoms with Crippen molar-refractivity contribution in [2.75, 3.05) is 21.3 Å². The molecule has 1 fully saturated rings. The number of amides is 2. The van der Waals surface area contributed by atoms with Gasteiger partial charge in [-0.2, -0.15) is 0 Å². The first-order valence-corrected chi connectivity index (χ1v) is 9.79. The number of carbonyl (C=O) groups is 2. The zero-order valence-corrected chi connectivity index (χ0v) is 17.9. The summed E-state index contributed by atoms with van der Waals surface area (Å²) in [4.78, 5) is 27.5. The van der Waals surface area contributed by atoms with E-state index >= 15 is 0 Å². The van der Waals surface area contributed by atoms with Gasteiger partial charge < -0.3 is 24.7 Å². The van der Waals surface area contributed by atoms with Gasteiger partial charge in [-0.25, -0.2) is 0 Å². The molecule has 2 aromatic rings. The smallest absolute Gasteiger partial charge is 0.262 e. The lowest BCUT2D eigenvalue weighted by Crippen LogP contribution is -2.46. The van der Waals surface area contributed by atoms with E-state index in [4.69, 9.17) is 24.7 Å². The number of hydrogen-bond acceptors (Lipinski definition) is 7. The van der Waals surface area contributed by atoms with Gasteiger partial charge in [0.2, 0.25) is 11.7 Å². The summed E-state index contributed by atoms with van der Waals surface area (Å²) >= 11 is 0. The summed E-state index contributed by atoms with van der Waals surface area (Å²) in [5, 5.41) is 0. The third kappa shape index (κ3) is 3.43. The summed E-state index contributed by atoms with van der Waals surface area (Å²) in [6, 6.07) is 9.09. The highest BCUT2D eigenvalue weighted by atomic mass is 16.5. The van der Waals surface area contributed by atoms with Gasteiger partial charge in [0.25, 0.3) is 5.91 Å². The van der Waals surface area contributed by atoms with Gasteiger partial charge in [0.05, 0.1) is 33.4 Å². The fraction of sp³-hybridized carbons (Fsp3) is 0.304. The minimum atomic E-state index is -0.460. The Kier molecular flexibility index (Phi) is 5.22. The largest absolute Gasteiger partial charge is 0.493 e. The molecular weight excluding hydrogens is 400 g/mol. The van der Waals surface area contributed by atoms with Gasteiger partial charge in [0.1, 0.15) is 5.75 Å². The van der Waals surface area contributed by atoms with Gasteiger partial charge in [0.15, 0.2) is 17.4 Å². The monoisotopic (exact) mass is 424 g/mol. The van der Waals surface area contributed by atoms with Crippen LogP contribution in [0, 0.1) is 6.92 Å². The molecule has 0 spiro atoms. The fourth-order valence-electron chi connectivity index (χ4n) is 4.10. The number of benzene rings is 2. The van der Waals surface area contributed by atoms with E-state index in [0.29, 0.717) is 34.1 Å². The highest BCUT2D eigenvalue weighted by molar-refractivity contribution is 6.09. The number of ether oxygens (including phenoxy) is 4. The maximum absolute atomic E-state index is 13.3. The summed E-state index contributed by atoms with van der Waals surface area (Å²) in [5.41, 5.74) is 8.88.